The Hall–Kier alpha value is 0.124. The molecular weight excluding hydrogens is 247 g/mol. The van der Waals surface area contributed by atoms with Gasteiger partial charge in [0, 0.05) is 46.3 Å². The Morgan fingerprint density at radius 3 is 2.64 bits per heavy atom. The summed E-state index contributed by atoms with van der Waals surface area (Å²) in [5.41, 5.74) is 2.81. The van der Waals surface area contributed by atoms with E-state index in [1.807, 2.05) is 26.3 Å². The van der Waals surface area contributed by atoms with Gasteiger partial charge in [0.2, 0.25) is 0 Å². The average molecular weight is 264 g/mol. The normalized spacial score (nSPS) is 12.4. The zero-order chi connectivity index (χ0) is 9.68. The van der Waals surface area contributed by atoms with Crippen molar-refractivity contribution in [2.24, 2.45) is 0 Å². The minimum atomic E-state index is 0. The van der Waals surface area contributed by atoms with E-state index in [4.69, 9.17) is 0 Å². The fourth-order valence-electron chi connectivity index (χ4n) is 1.44. The molecule has 0 N–H and O–H groups in total. The Bertz CT molecular complexity index is 260. The van der Waals surface area contributed by atoms with Crippen LogP contribution in [0.4, 0.5) is 5.69 Å². The SMILES string of the molecule is CN1CCc2c[c-]ccc21.C[CH-]C.[Y]. The summed E-state index contributed by atoms with van der Waals surface area (Å²) >= 11 is 0. The molecule has 2 rings (SSSR count). The smallest absolute Gasteiger partial charge is 0.00892 e. The molecule has 2 heteroatoms. The third kappa shape index (κ3) is 3.70. The molecule has 0 unspecified atom stereocenters. The predicted molar refractivity (Wildman–Crippen MR) is 57.9 cm³/mol. The molecule has 0 saturated heterocycles. The van der Waals surface area contributed by atoms with Crippen molar-refractivity contribution in [3.05, 3.63) is 36.2 Å². The van der Waals surface area contributed by atoms with E-state index in [1.165, 1.54) is 17.7 Å². The first-order chi connectivity index (χ1) is 6.29. The molecule has 1 nitrogen and oxygen atoms in total. The molecule has 1 aromatic rings. The Morgan fingerprint density at radius 1 is 1.43 bits per heavy atom. The van der Waals surface area contributed by atoms with E-state index >= 15 is 0 Å². The first-order valence-corrected chi connectivity index (χ1v) is 4.73. The summed E-state index contributed by atoms with van der Waals surface area (Å²) < 4.78 is 0. The first-order valence-electron chi connectivity index (χ1n) is 4.73. The number of nitrogens with zero attached hydrogens (tertiary/aromatic N) is 1. The van der Waals surface area contributed by atoms with Crippen molar-refractivity contribution in [2.45, 2.75) is 20.3 Å². The monoisotopic (exact) mass is 264 g/mol. The second-order valence-corrected chi connectivity index (χ2v) is 3.30. The largest absolute Gasteiger partial charge is 0.397 e. The van der Waals surface area contributed by atoms with Gasteiger partial charge in [-0.05, 0) is 0 Å². The molecule has 1 heterocycles. The van der Waals surface area contributed by atoms with E-state index in [0.29, 0.717) is 0 Å². The number of hydrogen-bond donors (Lipinski definition) is 0. The number of likely N-dealkylation sites (N-methyl/N-ethyl adjacent to an activating group) is 1. The summed E-state index contributed by atoms with van der Waals surface area (Å²) in [6, 6.07) is 9.27. The molecule has 14 heavy (non-hydrogen) atoms. The molecule has 0 saturated carbocycles. The summed E-state index contributed by atoms with van der Waals surface area (Å²) in [5.74, 6) is 0. The Kier molecular flexibility index (Phi) is 7.49. The minimum Gasteiger partial charge on any atom is -0.397 e. The zero-order valence-electron chi connectivity index (χ0n) is 9.25. The Labute approximate surface area is 113 Å². The molecule has 0 amide bonds. The fourth-order valence-corrected chi connectivity index (χ4v) is 1.44. The van der Waals surface area contributed by atoms with Crippen LogP contribution in [-0.2, 0) is 39.1 Å². The van der Waals surface area contributed by atoms with Crippen LogP contribution in [-0.4, -0.2) is 13.6 Å². The Balaban J connectivity index is 0.000000381. The van der Waals surface area contributed by atoms with Crippen molar-refractivity contribution >= 4 is 5.69 Å². The van der Waals surface area contributed by atoms with Crippen LogP contribution in [0.1, 0.15) is 19.4 Å². The van der Waals surface area contributed by atoms with Crippen molar-refractivity contribution in [2.75, 3.05) is 18.5 Å². The van der Waals surface area contributed by atoms with Crippen LogP contribution in [0.2, 0.25) is 0 Å². The van der Waals surface area contributed by atoms with E-state index in [0.717, 1.165) is 6.54 Å². The van der Waals surface area contributed by atoms with Gasteiger partial charge in [0.25, 0.3) is 0 Å². The Morgan fingerprint density at radius 2 is 2.07 bits per heavy atom. The number of anilines is 1. The van der Waals surface area contributed by atoms with Crippen molar-refractivity contribution in [1.82, 2.24) is 0 Å². The number of hydrogen-bond acceptors (Lipinski definition) is 1. The van der Waals surface area contributed by atoms with E-state index in [-0.39, 0.29) is 32.7 Å². The van der Waals surface area contributed by atoms with Crippen LogP contribution >= 0.6 is 0 Å². The van der Waals surface area contributed by atoms with E-state index in [2.05, 4.69) is 30.1 Å². The maximum atomic E-state index is 3.09. The third-order valence-corrected chi connectivity index (χ3v) is 2.05. The molecule has 1 radical (unpaired) electrons. The zero-order valence-corrected chi connectivity index (χ0v) is 12.1. The first kappa shape index (κ1) is 14.1. The van der Waals surface area contributed by atoms with Gasteiger partial charge in [-0.15, -0.1) is 11.6 Å². The second-order valence-electron chi connectivity index (χ2n) is 3.30. The van der Waals surface area contributed by atoms with Crippen molar-refractivity contribution in [3.63, 3.8) is 0 Å². The summed E-state index contributed by atoms with van der Waals surface area (Å²) in [7, 11) is 2.13. The van der Waals surface area contributed by atoms with E-state index < -0.39 is 0 Å². The minimum absolute atomic E-state index is 0. The molecule has 1 aliphatic rings. The molecule has 0 aliphatic carbocycles. The van der Waals surface area contributed by atoms with Gasteiger partial charge in [-0.1, -0.05) is 12.1 Å². The van der Waals surface area contributed by atoms with Gasteiger partial charge < -0.3 is 11.3 Å². The van der Waals surface area contributed by atoms with Crippen LogP contribution in [0.15, 0.2) is 18.2 Å². The number of benzene rings is 1. The van der Waals surface area contributed by atoms with Crippen molar-refractivity contribution in [1.29, 1.82) is 0 Å². The van der Waals surface area contributed by atoms with Gasteiger partial charge in [-0.3, -0.25) is 0 Å². The van der Waals surface area contributed by atoms with Gasteiger partial charge in [-0.25, -0.2) is 0 Å². The molecular formula is C12H17NY-2. The van der Waals surface area contributed by atoms with Gasteiger partial charge in [0.15, 0.2) is 0 Å². The van der Waals surface area contributed by atoms with Gasteiger partial charge in [0.1, 0.15) is 0 Å². The maximum Gasteiger partial charge on any atom is 0.00892 e. The molecule has 1 aromatic carbocycles. The van der Waals surface area contributed by atoms with Crippen molar-refractivity contribution < 1.29 is 32.7 Å². The fraction of sp³-hybridized carbons (Fsp3) is 0.417. The summed E-state index contributed by atoms with van der Waals surface area (Å²) in [6.07, 6.45) is 3.18. The van der Waals surface area contributed by atoms with Gasteiger partial charge in [-0.2, -0.15) is 32.0 Å². The second kappa shape index (κ2) is 7.42. The molecule has 0 atom stereocenters. The van der Waals surface area contributed by atoms with E-state index in [9.17, 15) is 0 Å². The molecule has 0 bridgehead atoms. The van der Waals surface area contributed by atoms with Crippen LogP contribution in [0.5, 0.6) is 0 Å². The van der Waals surface area contributed by atoms with Crippen LogP contribution in [0, 0.1) is 12.5 Å². The van der Waals surface area contributed by atoms with Gasteiger partial charge in [0.05, 0.1) is 0 Å². The average Bonchev–Trinajstić information content (AvgIpc) is 2.50. The molecule has 0 fully saturated rings. The van der Waals surface area contributed by atoms with Crippen LogP contribution in [0.3, 0.4) is 0 Å². The molecule has 0 spiro atoms. The van der Waals surface area contributed by atoms with E-state index in [1.54, 1.807) is 0 Å². The number of fused-ring (bicyclic) bond motifs is 1. The molecule has 0 aromatic heterocycles. The summed E-state index contributed by atoms with van der Waals surface area (Å²) in [4.78, 5) is 2.28. The van der Waals surface area contributed by atoms with Crippen LogP contribution in [0.25, 0.3) is 0 Å². The quantitative estimate of drug-likeness (QED) is 0.651. The topological polar surface area (TPSA) is 3.24 Å². The summed E-state index contributed by atoms with van der Waals surface area (Å²) in [6.45, 7) is 5.16. The predicted octanol–water partition coefficient (Wildman–Crippen LogP) is 2.71. The maximum absolute atomic E-state index is 3.09. The van der Waals surface area contributed by atoms with Gasteiger partial charge >= 0.3 is 0 Å². The molecule has 75 valence electrons. The van der Waals surface area contributed by atoms with Crippen LogP contribution < -0.4 is 4.90 Å². The standard InChI is InChI=1S/C9H10N.C3H7.Y/c1-10-7-6-8-4-2-3-5-9(8)10;1-3-2;/h3-5H,6-7H2,1H3;3H,1-2H3;/q2*-1;. The third-order valence-electron chi connectivity index (χ3n) is 2.05. The summed E-state index contributed by atoms with van der Waals surface area (Å²) in [5, 5.41) is 0. The number of rotatable bonds is 0. The van der Waals surface area contributed by atoms with Crippen molar-refractivity contribution in [3.8, 4) is 0 Å². The molecule has 1 aliphatic heterocycles.